The van der Waals surface area contributed by atoms with Crippen LogP contribution in [0.5, 0.6) is 0 Å². The number of nitrogens with one attached hydrogen (secondary N) is 1. The quantitative estimate of drug-likeness (QED) is 0.536. The number of hydrogen-bond acceptors (Lipinski definition) is 4. The van der Waals surface area contributed by atoms with Crippen LogP contribution in [0.3, 0.4) is 0 Å². The van der Waals surface area contributed by atoms with Crippen LogP contribution >= 0.6 is 0 Å². The minimum Gasteiger partial charge on any atom is -0.308 e. The van der Waals surface area contributed by atoms with E-state index in [2.05, 4.69) is 15.4 Å². The number of benzene rings is 1. The highest BCUT2D eigenvalue weighted by atomic mass is 19.1. The second kappa shape index (κ2) is 7.46. The average Bonchev–Trinajstić information content (AvgIpc) is 3.57. The molecule has 0 unspecified atom stereocenters. The molecule has 0 spiro atoms. The molecule has 1 aliphatic rings. The third-order valence-electron chi connectivity index (χ3n) is 5.48. The lowest BCUT2D eigenvalue weighted by Crippen LogP contribution is -2.33. The maximum absolute atomic E-state index is 13.4. The lowest BCUT2D eigenvalue weighted by atomic mass is 10.1. The molecule has 0 aliphatic heterocycles. The molecule has 0 radical (unpaired) electrons. The first kappa shape index (κ1) is 19.2. The zero-order chi connectivity index (χ0) is 21.5. The normalized spacial score (nSPS) is 14.5. The Hall–Kier alpha value is -3.81. The zero-order valence-electron chi connectivity index (χ0n) is 16.8. The SMILES string of the molecule is C[C@@H](C(=O)Nc1c(-c2ccc(F)cc2)nc2ccccn12)n1nc(C2CC2)ccc1=O. The average molecular weight is 417 g/mol. The standard InChI is InChI=1S/C23H20FN5O2/c1-14(29-20(30)12-11-18(27-29)15-5-6-15)23(31)26-22-21(16-7-9-17(24)10-8-16)25-19-4-2-3-13-28(19)22/h2-4,7-15H,5-6H2,1H3,(H,26,31)/t14-/m0/s1. The van der Waals surface area contributed by atoms with Gasteiger partial charge >= 0.3 is 0 Å². The topological polar surface area (TPSA) is 81.3 Å². The van der Waals surface area contributed by atoms with Crippen LogP contribution < -0.4 is 10.9 Å². The molecular weight excluding hydrogens is 397 g/mol. The maximum Gasteiger partial charge on any atom is 0.267 e. The van der Waals surface area contributed by atoms with E-state index in [1.54, 1.807) is 35.7 Å². The number of carbonyl (C=O) groups excluding carboxylic acids is 1. The summed E-state index contributed by atoms with van der Waals surface area (Å²) in [5, 5.41) is 7.32. The predicted molar refractivity (Wildman–Crippen MR) is 114 cm³/mol. The van der Waals surface area contributed by atoms with E-state index in [1.807, 2.05) is 18.2 Å². The molecule has 3 heterocycles. The van der Waals surface area contributed by atoms with E-state index in [-0.39, 0.29) is 11.4 Å². The van der Waals surface area contributed by atoms with Gasteiger partial charge in [-0.2, -0.15) is 5.10 Å². The van der Waals surface area contributed by atoms with Crippen molar-refractivity contribution < 1.29 is 9.18 Å². The molecule has 1 aliphatic carbocycles. The number of nitrogens with zero attached hydrogens (tertiary/aromatic N) is 4. The summed E-state index contributed by atoms with van der Waals surface area (Å²) in [6.45, 7) is 1.64. The molecule has 1 amide bonds. The molecule has 1 fully saturated rings. The number of halogens is 1. The van der Waals surface area contributed by atoms with Gasteiger partial charge in [-0.1, -0.05) is 6.07 Å². The van der Waals surface area contributed by atoms with Gasteiger partial charge in [0.25, 0.3) is 5.56 Å². The Morgan fingerprint density at radius 2 is 1.90 bits per heavy atom. The van der Waals surface area contributed by atoms with E-state index in [9.17, 15) is 14.0 Å². The zero-order valence-corrected chi connectivity index (χ0v) is 16.8. The van der Waals surface area contributed by atoms with Crippen LogP contribution in [0.15, 0.2) is 65.6 Å². The van der Waals surface area contributed by atoms with Crippen molar-refractivity contribution in [3.8, 4) is 11.3 Å². The van der Waals surface area contributed by atoms with Crippen molar-refractivity contribution in [3.05, 3.63) is 82.7 Å². The molecule has 0 saturated heterocycles. The third kappa shape index (κ3) is 3.61. The maximum atomic E-state index is 13.4. The summed E-state index contributed by atoms with van der Waals surface area (Å²) < 4.78 is 16.4. The summed E-state index contributed by atoms with van der Waals surface area (Å²) in [5.41, 5.74) is 2.32. The van der Waals surface area contributed by atoms with Gasteiger partial charge < -0.3 is 5.32 Å². The van der Waals surface area contributed by atoms with Crippen LogP contribution in [0.25, 0.3) is 16.9 Å². The smallest absolute Gasteiger partial charge is 0.267 e. The fourth-order valence-electron chi connectivity index (χ4n) is 3.57. The summed E-state index contributed by atoms with van der Waals surface area (Å²) in [6, 6.07) is 13.8. The van der Waals surface area contributed by atoms with Gasteiger partial charge in [0.15, 0.2) is 0 Å². The second-order valence-corrected chi connectivity index (χ2v) is 7.73. The number of rotatable bonds is 5. The van der Waals surface area contributed by atoms with Crippen molar-refractivity contribution in [2.24, 2.45) is 0 Å². The summed E-state index contributed by atoms with van der Waals surface area (Å²) in [7, 11) is 0. The van der Waals surface area contributed by atoms with E-state index in [1.165, 1.54) is 22.9 Å². The highest BCUT2D eigenvalue weighted by Gasteiger charge is 2.27. The highest BCUT2D eigenvalue weighted by Crippen LogP contribution is 2.38. The van der Waals surface area contributed by atoms with Gasteiger partial charge in [-0.15, -0.1) is 0 Å². The predicted octanol–water partition coefficient (Wildman–Crippen LogP) is 3.77. The Morgan fingerprint density at radius 1 is 1.13 bits per heavy atom. The Labute approximate surface area is 177 Å². The molecule has 4 aromatic rings. The van der Waals surface area contributed by atoms with E-state index in [0.717, 1.165) is 18.5 Å². The molecule has 8 heteroatoms. The summed E-state index contributed by atoms with van der Waals surface area (Å²) in [4.78, 5) is 30.1. The molecule has 1 aromatic carbocycles. The Morgan fingerprint density at radius 3 is 2.65 bits per heavy atom. The van der Waals surface area contributed by atoms with Crippen LogP contribution in [0.2, 0.25) is 0 Å². The monoisotopic (exact) mass is 417 g/mol. The van der Waals surface area contributed by atoms with Crippen LogP contribution in [0.4, 0.5) is 10.2 Å². The van der Waals surface area contributed by atoms with Crippen LogP contribution in [-0.4, -0.2) is 25.1 Å². The minimum atomic E-state index is -0.818. The van der Waals surface area contributed by atoms with Crippen molar-refractivity contribution in [2.75, 3.05) is 5.32 Å². The Kier molecular flexibility index (Phi) is 4.62. The molecule has 156 valence electrons. The number of aromatic nitrogens is 4. The highest BCUT2D eigenvalue weighted by molar-refractivity contribution is 5.96. The molecule has 7 nitrogen and oxygen atoms in total. The van der Waals surface area contributed by atoms with Gasteiger partial charge in [0.2, 0.25) is 5.91 Å². The molecule has 3 aromatic heterocycles. The van der Waals surface area contributed by atoms with E-state index in [0.29, 0.717) is 28.6 Å². The number of imidazole rings is 1. The van der Waals surface area contributed by atoms with Crippen molar-refractivity contribution in [3.63, 3.8) is 0 Å². The first-order valence-corrected chi connectivity index (χ1v) is 10.1. The van der Waals surface area contributed by atoms with Gasteiger partial charge in [-0.05, 0) is 62.2 Å². The number of carbonyl (C=O) groups is 1. The van der Waals surface area contributed by atoms with E-state index in [4.69, 9.17) is 0 Å². The molecule has 0 bridgehead atoms. The number of pyridine rings is 1. The Balaban J connectivity index is 1.52. The van der Waals surface area contributed by atoms with Crippen LogP contribution in [0, 0.1) is 5.82 Å². The van der Waals surface area contributed by atoms with Crippen molar-refractivity contribution in [1.29, 1.82) is 0 Å². The van der Waals surface area contributed by atoms with Gasteiger partial charge in [0, 0.05) is 23.7 Å². The van der Waals surface area contributed by atoms with Crippen LogP contribution in [0.1, 0.15) is 37.4 Å². The van der Waals surface area contributed by atoms with Crippen LogP contribution in [-0.2, 0) is 4.79 Å². The number of anilines is 1. The largest absolute Gasteiger partial charge is 0.308 e. The molecule has 1 saturated carbocycles. The molecule has 31 heavy (non-hydrogen) atoms. The molecule has 1 N–H and O–H groups in total. The number of hydrogen-bond donors (Lipinski definition) is 1. The van der Waals surface area contributed by atoms with Crippen molar-refractivity contribution >= 4 is 17.4 Å². The number of fused-ring (bicyclic) bond motifs is 1. The lowest BCUT2D eigenvalue weighted by molar-refractivity contribution is -0.119. The van der Waals surface area contributed by atoms with Gasteiger partial charge in [-0.3, -0.25) is 14.0 Å². The fourth-order valence-corrected chi connectivity index (χ4v) is 3.57. The van der Waals surface area contributed by atoms with Crippen molar-refractivity contribution in [1.82, 2.24) is 19.2 Å². The second-order valence-electron chi connectivity index (χ2n) is 7.73. The molecule has 1 atom stereocenters. The third-order valence-corrected chi connectivity index (χ3v) is 5.48. The minimum absolute atomic E-state index is 0.330. The van der Waals surface area contributed by atoms with Gasteiger partial charge in [0.05, 0.1) is 5.69 Å². The van der Waals surface area contributed by atoms with E-state index < -0.39 is 11.9 Å². The number of amides is 1. The first-order chi connectivity index (χ1) is 15.0. The summed E-state index contributed by atoms with van der Waals surface area (Å²) in [6.07, 6.45) is 3.89. The Bertz CT molecular complexity index is 1340. The fraction of sp³-hybridized carbons (Fsp3) is 0.217. The first-order valence-electron chi connectivity index (χ1n) is 10.1. The van der Waals surface area contributed by atoms with Gasteiger partial charge in [-0.25, -0.2) is 14.1 Å². The van der Waals surface area contributed by atoms with Crippen molar-refractivity contribution in [2.45, 2.75) is 31.7 Å². The molecule has 5 rings (SSSR count). The lowest BCUT2D eigenvalue weighted by Gasteiger charge is -2.15. The molecular formula is C23H20FN5O2. The van der Waals surface area contributed by atoms with Gasteiger partial charge in [0.1, 0.15) is 29.0 Å². The summed E-state index contributed by atoms with van der Waals surface area (Å²) >= 11 is 0. The summed E-state index contributed by atoms with van der Waals surface area (Å²) in [5.74, 6) is 0.0701. The van der Waals surface area contributed by atoms with E-state index >= 15 is 0 Å².